The van der Waals surface area contributed by atoms with Crippen molar-refractivity contribution in [1.82, 2.24) is 0 Å². The van der Waals surface area contributed by atoms with Gasteiger partial charge in [0.15, 0.2) is 23.1 Å². The van der Waals surface area contributed by atoms with E-state index in [1.165, 1.54) is 0 Å². The highest BCUT2D eigenvalue weighted by atomic mass is 19.3. The van der Waals surface area contributed by atoms with Crippen LogP contribution in [0.15, 0.2) is 12.1 Å². The molecule has 0 radical (unpaired) electrons. The lowest BCUT2D eigenvalue weighted by Crippen LogP contribution is -2.05. The first kappa shape index (κ1) is 11.6. The Kier molecular flexibility index (Phi) is 3.76. The van der Waals surface area contributed by atoms with E-state index in [1.54, 1.807) is 6.92 Å². The van der Waals surface area contributed by atoms with Crippen LogP contribution in [0.1, 0.15) is 6.92 Å². The molecule has 84 valence electrons. The Morgan fingerprint density at radius 3 is 2.13 bits per heavy atom. The Hall–Kier alpha value is -1.46. The quantitative estimate of drug-likeness (QED) is 0.732. The van der Waals surface area contributed by atoms with E-state index in [0.29, 0.717) is 12.1 Å². The van der Waals surface area contributed by atoms with Gasteiger partial charge in [-0.2, -0.15) is 8.78 Å². The number of rotatable bonds is 4. The molecule has 0 amide bonds. The summed E-state index contributed by atoms with van der Waals surface area (Å²) in [4.78, 5) is 0. The van der Waals surface area contributed by atoms with Crippen LogP contribution in [0.2, 0.25) is 0 Å². The Morgan fingerprint density at radius 2 is 1.67 bits per heavy atom. The fourth-order valence-electron chi connectivity index (χ4n) is 0.967. The van der Waals surface area contributed by atoms with Crippen LogP contribution in [0.4, 0.5) is 17.6 Å². The molecular weight excluding hydrogens is 216 g/mol. The van der Waals surface area contributed by atoms with Crippen LogP contribution in [-0.2, 0) is 0 Å². The van der Waals surface area contributed by atoms with Gasteiger partial charge in [-0.1, -0.05) is 0 Å². The zero-order valence-electron chi connectivity index (χ0n) is 7.77. The van der Waals surface area contributed by atoms with E-state index in [9.17, 15) is 17.6 Å². The first-order chi connectivity index (χ1) is 7.04. The lowest BCUT2D eigenvalue weighted by Gasteiger charge is -2.11. The number of benzene rings is 1. The Balaban J connectivity index is 3.04. The molecule has 0 aliphatic carbocycles. The van der Waals surface area contributed by atoms with Gasteiger partial charge in [-0.3, -0.25) is 0 Å². The predicted molar refractivity (Wildman–Crippen MR) is 44.2 cm³/mol. The van der Waals surface area contributed by atoms with Crippen LogP contribution in [0, 0.1) is 11.6 Å². The van der Waals surface area contributed by atoms with Crippen molar-refractivity contribution in [2.75, 3.05) is 6.61 Å². The van der Waals surface area contributed by atoms with Gasteiger partial charge in [0.2, 0.25) is 0 Å². The second kappa shape index (κ2) is 4.86. The molecule has 1 aromatic rings. The van der Waals surface area contributed by atoms with Crippen LogP contribution in [0.25, 0.3) is 0 Å². The fourth-order valence-corrected chi connectivity index (χ4v) is 0.967. The van der Waals surface area contributed by atoms with Gasteiger partial charge in [-0.25, -0.2) is 8.78 Å². The number of halogens is 4. The summed E-state index contributed by atoms with van der Waals surface area (Å²) >= 11 is 0. The van der Waals surface area contributed by atoms with E-state index in [0.717, 1.165) is 0 Å². The molecule has 0 saturated heterocycles. The normalized spacial score (nSPS) is 10.5. The molecule has 0 spiro atoms. The molecule has 15 heavy (non-hydrogen) atoms. The summed E-state index contributed by atoms with van der Waals surface area (Å²) in [6, 6.07) is 1.18. The molecule has 0 bridgehead atoms. The van der Waals surface area contributed by atoms with Crippen LogP contribution in [0.3, 0.4) is 0 Å². The third kappa shape index (κ3) is 3.00. The van der Waals surface area contributed by atoms with Crippen molar-refractivity contribution in [3.63, 3.8) is 0 Å². The molecular formula is C9H8F4O2. The summed E-state index contributed by atoms with van der Waals surface area (Å²) in [6.45, 7) is -1.41. The van der Waals surface area contributed by atoms with Crippen molar-refractivity contribution in [3.05, 3.63) is 23.8 Å². The minimum absolute atomic E-state index is 0.130. The van der Waals surface area contributed by atoms with E-state index >= 15 is 0 Å². The van der Waals surface area contributed by atoms with Gasteiger partial charge in [0, 0.05) is 12.1 Å². The lowest BCUT2D eigenvalue weighted by molar-refractivity contribution is -0.0516. The molecule has 0 saturated carbocycles. The predicted octanol–water partition coefficient (Wildman–Crippen LogP) is 2.96. The number of hydrogen-bond donors (Lipinski definition) is 0. The number of alkyl halides is 2. The summed E-state index contributed by atoms with van der Waals surface area (Å²) in [6.07, 6.45) is 0. The minimum atomic E-state index is -3.12. The monoisotopic (exact) mass is 224 g/mol. The van der Waals surface area contributed by atoms with Crippen molar-refractivity contribution in [2.24, 2.45) is 0 Å². The molecule has 0 aliphatic heterocycles. The van der Waals surface area contributed by atoms with Gasteiger partial charge in [-0.15, -0.1) is 0 Å². The van der Waals surface area contributed by atoms with Gasteiger partial charge < -0.3 is 9.47 Å². The Labute approximate surface area is 83.4 Å². The van der Waals surface area contributed by atoms with E-state index in [-0.39, 0.29) is 12.4 Å². The van der Waals surface area contributed by atoms with Crippen molar-refractivity contribution in [3.8, 4) is 11.5 Å². The van der Waals surface area contributed by atoms with E-state index in [4.69, 9.17) is 4.74 Å². The van der Waals surface area contributed by atoms with Crippen molar-refractivity contribution < 1.29 is 27.0 Å². The molecule has 1 aromatic carbocycles. The van der Waals surface area contributed by atoms with Crippen LogP contribution >= 0.6 is 0 Å². The van der Waals surface area contributed by atoms with Crippen LogP contribution in [-0.4, -0.2) is 13.2 Å². The van der Waals surface area contributed by atoms with Crippen LogP contribution in [0.5, 0.6) is 11.5 Å². The van der Waals surface area contributed by atoms with Crippen LogP contribution < -0.4 is 9.47 Å². The third-order valence-corrected chi connectivity index (χ3v) is 1.50. The zero-order chi connectivity index (χ0) is 11.4. The fraction of sp³-hybridized carbons (Fsp3) is 0.333. The summed E-state index contributed by atoms with van der Waals surface area (Å²) in [5, 5.41) is 0. The maximum Gasteiger partial charge on any atom is 0.387 e. The first-order valence-electron chi connectivity index (χ1n) is 4.11. The van der Waals surface area contributed by atoms with Gasteiger partial charge in [0.1, 0.15) is 0 Å². The molecule has 0 fully saturated rings. The molecule has 0 N–H and O–H groups in total. The zero-order valence-corrected chi connectivity index (χ0v) is 7.77. The van der Waals surface area contributed by atoms with Crippen molar-refractivity contribution in [2.45, 2.75) is 13.5 Å². The summed E-state index contributed by atoms with van der Waals surface area (Å²) in [7, 11) is 0. The summed E-state index contributed by atoms with van der Waals surface area (Å²) < 4.78 is 58.0. The highest BCUT2D eigenvalue weighted by molar-refractivity contribution is 5.40. The number of hydrogen-bond acceptors (Lipinski definition) is 2. The molecule has 6 heteroatoms. The summed E-state index contributed by atoms with van der Waals surface area (Å²) in [5.74, 6) is -3.23. The van der Waals surface area contributed by atoms with Gasteiger partial charge in [-0.05, 0) is 6.92 Å². The van der Waals surface area contributed by atoms with E-state index in [2.05, 4.69) is 4.74 Å². The lowest BCUT2D eigenvalue weighted by atomic mass is 10.3. The maximum atomic E-state index is 12.7. The maximum absolute atomic E-state index is 12.7. The molecule has 0 aromatic heterocycles. The number of ether oxygens (including phenoxy) is 2. The Bertz CT molecular complexity index is 341. The molecule has 2 nitrogen and oxygen atoms in total. The molecule has 0 aliphatic rings. The SMILES string of the molecule is CCOc1cc(F)c(F)cc1OC(F)F. The van der Waals surface area contributed by atoms with Crippen molar-refractivity contribution >= 4 is 0 Å². The molecule has 0 atom stereocenters. The first-order valence-corrected chi connectivity index (χ1v) is 4.11. The molecule has 1 rings (SSSR count). The average molecular weight is 224 g/mol. The topological polar surface area (TPSA) is 18.5 Å². The van der Waals surface area contributed by atoms with E-state index < -0.39 is 24.0 Å². The second-order valence-electron chi connectivity index (χ2n) is 2.52. The molecule has 0 unspecified atom stereocenters. The highest BCUT2D eigenvalue weighted by Crippen LogP contribution is 2.30. The van der Waals surface area contributed by atoms with Gasteiger partial charge in [0.25, 0.3) is 0 Å². The average Bonchev–Trinajstić information content (AvgIpc) is 2.13. The molecule has 0 heterocycles. The second-order valence-corrected chi connectivity index (χ2v) is 2.52. The van der Waals surface area contributed by atoms with Crippen molar-refractivity contribution in [1.29, 1.82) is 0 Å². The van der Waals surface area contributed by atoms with E-state index in [1.807, 2.05) is 0 Å². The largest absolute Gasteiger partial charge is 0.490 e. The highest BCUT2D eigenvalue weighted by Gasteiger charge is 2.15. The van der Waals surface area contributed by atoms with Gasteiger partial charge in [0.05, 0.1) is 6.61 Å². The Morgan fingerprint density at radius 1 is 1.13 bits per heavy atom. The standard InChI is InChI=1S/C9H8F4O2/c1-2-14-7-3-5(10)6(11)4-8(7)15-9(12)13/h3-4,9H,2H2,1H3. The smallest absolute Gasteiger partial charge is 0.387 e. The minimum Gasteiger partial charge on any atom is -0.490 e. The summed E-state index contributed by atoms with van der Waals surface area (Å²) in [5.41, 5.74) is 0. The van der Waals surface area contributed by atoms with Gasteiger partial charge >= 0.3 is 6.61 Å². The third-order valence-electron chi connectivity index (χ3n) is 1.50.